The molecule has 0 bridgehead atoms. The Balaban J connectivity index is 2.84. The van der Waals surface area contributed by atoms with E-state index in [9.17, 15) is 4.79 Å². The molecule has 0 heterocycles. The lowest BCUT2D eigenvalue weighted by atomic mass is 10.00. The quantitative estimate of drug-likeness (QED) is 0.594. The summed E-state index contributed by atoms with van der Waals surface area (Å²) >= 11 is 0. The van der Waals surface area contributed by atoms with Gasteiger partial charge >= 0.3 is 5.97 Å². The van der Waals surface area contributed by atoms with Gasteiger partial charge < -0.3 is 5.11 Å². The van der Waals surface area contributed by atoms with Crippen molar-refractivity contribution in [3.05, 3.63) is 54.1 Å². The van der Waals surface area contributed by atoms with Crippen LogP contribution < -0.4 is 0 Å². The summed E-state index contributed by atoms with van der Waals surface area (Å²) in [5, 5.41) is 8.56. The average molecular weight is 230 g/mol. The molecule has 1 aromatic carbocycles. The summed E-state index contributed by atoms with van der Waals surface area (Å²) in [4.78, 5) is 10.4. The van der Waals surface area contributed by atoms with E-state index in [1.165, 1.54) is 5.57 Å². The van der Waals surface area contributed by atoms with E-state index in [1.807, 2.05) is 24.3 Å². The van der Waals surface area contributed by atoms with Crippen LogP contribution in [0.4, 0.5) is 0 Å². The van der Waals surface area contributed by atoms with E-state index in [0.29, 0.717) is 0 Å². The molecule has 0 spiro atoms. The normalized spacial score (nSPS) is 11.9. The monoisotopic (exact) mass is 230 g/mol. The molecule has 0 fully saturated rings. The maximum atomic E-state index is 10.4. The van der Waals surface area contributed by atoms with Crippen molar-refractivity contribution in [2.75, 3.05) is 0 Å². The first-order valence-electron chi connectivity index (χ1n) is 5.89. The number of rotatable bonds is 6. The van der Waals surface area contributed by atoms with Crippen LogP contribution >= 0.6 is 0 Å². The predicted octanol–water partition coefficient (Wildman–Crippen LogP) is 3.90. The highest BCUT2D eigenvalue weighted by Crippen LogP contribution is 2.20. The van der Waals surface area contributed by atoms with Gasteiger partial charge in [0.05, 0.1) is 0 Å². The van der Waals surface area contributed by atoms with Crippen LogP contribution in [0.2, 0.25) is 0 Å². The fourth-order valence-corrected chi connectivity index (χ4v) is 1.59. The smallest absolute Gasteiger partial charge is 0.328 e. The molecular weight excluding hydrogens is 212 g/mol. The lowest BCUT2D eigenvalue weighted by molar-refractivity contribution is -0.131. The van der Waals surface area contributed by atoms with Gasteiger partial charge in [0.2, 0.25) is 0 Å². The van der Waals surface area contributed by atoms with E-state index in [0.717, 1.165) is 30.9 Å². The second-order valence-electron chi connectivity index (χ2n) is 3.86. The fourth-order valence-electron chi connectivity index (χ4n) is 1.59. The molecule has 0 saturated carbocycles. The first-order chi connectivity index (χ1) is 8.24. The Hall–Kier alpha value is -1.83. The van der Waals surface area contributed by atoms with Crippen LogP contribution in [0.1, 0.15) is 31.7 Å². The van der Waals surface area contributed by atoms with E-state index >= 15 is 0 Å². The van der Waals surface area contributed by atoms with E-state index in [-0.39, 0.29) is 0 Å². The van der Waals surface area contributed by atoms with Crippen molar-refractivity contribution >= 4 is 11.5 Å². The lowest BCUT2D eigenvalue weighted by Crippen LogP contribution is -1.87. The summed E-state index contributed by atoms with van der Waals surface area (Å²) in [7, 11) is 0. The van der Waals surface area contributed by atoms with Crippen LogP contribution in [0.3, 0.4) is 0 Å². The minimum Gasteiger partial charge on any atom is -0.478 e. The van der Waals surface area contributed by atoms with Gasteiger partial charge in [0.1, 0.15) is 0 Å². The molecule has 17 heavy (non-hydrogen) atoms. The highest BCUT2D eigenvalue weighted by Gasteiger charge is 1.99. The molecule has 0 aliphatic carbocycles. The van der Waals surface area contributed by atoms with Crippen molar-refractivity contribution in [2.45, 2.75) is 26.2 Å². The number of aliphatic carboxylic acids is 1. The number of hydrogen-bond acceptors (Lipinski definition) is 1. The number of carboxylic acids is 1. The second kappa shape index (κ2) is 7.44. The van der Waals surface area contributed by atoms with Gasteiger partial charge in [0.25, 0.3) is 0 Å². The van der Waals surface area contributed by atoms with Crippen molar-refractivity contribution in [3.63, 3.8) is 0 Å². The highest BCUT2D eigenvalue weighted by molar-refractivity contribution is 5.80. The molecule has 1 aromatic rings. The van der Waals surface area contributed by atoms with Gasteiger partial charge in [-0.15, -0.1) is 0 Å². The zero-order valence-corrected chi connectivity index (χ0v) is 10.1. The van der Waals surface area contributed by atoms with Gasteiger partial charge in [0, 0.05) is 6.08 Å². The van der Waals surface area contributed by atoms with Crippen LogP contribution in [0.25, 0.3) is 5.57 Å². The second-order valence-corrected chi connectivity index (χ2v) is 3.86. The van der Waals surface area contributed by atoms with Crippen molar-refractivity contribution in [1.82, 2.24) is 0 Å². The summed E-state index contributed by atoms with van der Waals surface area (Å²) in [5.41, 5.74) is 2.35. The number of benzene rings is 1. The number of unbranched alkanes of at least 4 members (excludes halogenated alkanes) is 1. The molecule has 0 aliphatic heterocycles. The molecule has 0 atom stereocenters. The minimum absolute atomic E-state index is 0.913. The third kappa shape index (κ3) is 5.16. The summed E-state index contributed by atoms with van der Waals surface area (Å²) in [6.45, 7) is 2.15. The first-order valence-corrected chi connectivity index (χ1v) is 5.89. The topological polar surface area (TPSA) is 37.3 Å². The fraction of sp³-hybridized carbons (Fsp3) is 0.267. The summed E-state index contributed by atoms with van der Waals surface area (Å²) in [5.74, 6) is -0.913. The molecule has 2 nitrogen and oxygen atoms in total. The van der Waals surface area contributed by atoms with Gasteiger partial charge in [-0.3, -0.25) is 0 Å². The van der Waals surface area contributed by atoms with E-state index in [2.05, 4.69) is 19.1 Å². The Labute approximate surface area is 102 Å². The molecule has 0 amide bonds. The Morgan fingerprint density at radius 1 is 1.29 bits per heavy atom. The van der Waals surface area contributed by atoms with E-state index < -0.39 is 5.97 Å². The third-order valence-corrected chi connectivity index (χ3v) is 2.48. The van der Waals surface area contributed by atoms with E-state index in [4.69, 9.17) is 5.11 Å². The van der Waals surface area contributed by atoms with Gasteiger partial charge in [-0.05, 0) is 24.0 Å². The molecule has 0 saturated heterocycles. The Morgan fingerprint density at radius 2 is 2.00 bits per heavy atom. The maximum Gasteiger partial charge on any atom is 0.328 e. The van der Waals surface area contributed by atoms with Crippen LogP contribution in [-0.4, -0.2) is 11.1 Å². The predicted molar refractivity (Wildman–Crippen MR) is 70.7 cm³/mol. The first kappa shape index (κ1) is 13.2. The molecular formula is C15H18O2. The molecule has 90 valence electrons. The number of carbonyl (C=O) groups is 1. The number of allylic oxidation sites excluding steroid dienone is 3. The minimum atomic E-state index is -0.913. The van der Waals surface area contributed by atoms with Crippen LogP contribution in [0.15, 0.2) is 48.6 Å². The van der Waals surface area contributed by atoms with Crippen molar-refractivity contribution in [1.29, 1.82) is 0 Å². The standard InChI is InChI=1S/C15H18O2/c1-2-3-8-13(11-7-12-15(16)17)14-9-5-4-6-10-14/h4-7,9-12H,2-3,8H2,1H3,(H,16,17)/b12-7+,13-11-. The molecule has 0 aromatic heterocycles. The molecule has 0 radical (unpaired) electrons. The number of hydrogen-bond donors (Lipinski definition) is 1. The van der Waals surface area contributed by atoms with Gasteiger partial charge in [-0.1, -0.05) is 55.8 Å². The van der Waals surface area contributed by atoms with Gasteiger partial charge in [0.15, 0.2) is 0 Å². The summed E-state index contributed by atoms with van der Waals surface area (Å²) in [6, 6.07) is 10.1. The van der Waals surface area contributed by atoms with Crippen LogP contribution in [0, 0.1) is 0 Å². The van der Waals surface area contributed by atoms with Crippen molar-refractivity contribution < 1.29 is 9.90 Å². The van der Waals surface area contributed by atoms with Crippen LogP contribution in [-0.2, 0) is 4.79 Å². The Bertz CT molecular complexity index is 402. The van der Waals surface area contributed by atoms with Crippen molar-refractivity contribution in [2.24, 2.45) is 0 Å². The molecule has 2 heteroatoms. The number of carboxylic acid groups (broad SMARTS) is 1. The zero-order chi connectivity index (χ0) is 12.5. The summed E-state index contributed by atoms with van der Waals surface area (Å²) in [6.07, 6.45) is 7.87. The zero-order valence-electron chi connectivity index (χ0n) is 10.1. The summed E-state index contributed by atoms with van der Waals surface area (Å²) < 4.78 is 0. The Kier molecular flexibility index (Phi) is 5.80. The molecule has 0 aliphatic rings. The maximum absolute atomic E-state index is 10.4. The van der Waals surface area contributed by atoms with E-state index in [1.54, 1.807) is 6.08 Å². The SMILES string of the molecule is CCCC/C(=C/C=C/C(=O)O)c1ccccc1. The molecule has 1 rings (SSSR count). The third-order valence-electron chi connectivity index (χ3n) is 2.48. The van der Waals surface area contributed by atoms with Gasteiger partial charge in [-0.2, -0.15) is 0 Å². The molecule has 0 unspecified atom stereocenters. The van der Waals surface area contributed by atoms with Crippen molar-refractivity contribution in [3.8, 4) is 0 Å². The average Bonchev–Trinajstić information content (AvgIpc) is 2.34. The molecule has 1 N–H and O–H groups in total. The highest BCUT2D eigenvalue weighted by atomic mass is 16.4. The van der Waals surface area contributed by atoms with Crippen LogP contribution in [0.5, 0.6) is 0 Å². The van der Waals surface area contributed by atoms with Gasteiger partial charge in [-0.25, -0.2) is 4.79 Å². The lowest BCUT2D eigenvalue weighted by Gasteiger charge is -2.05. The Morgan fingerprint density at radius 3 is 2.59 bits per heavy atom. The largest absolute Gasteiger partial charge is 0.478 e.